The molecule has 72 heavy (non-hydrogen) atoms. The van der Waals surface area contributed by atoms with Gasteiger partial charge in [0.15, 0.2) is 0 Å². The van der Waals surface area contributed by atoms with Crippen molar-refractivity contribution >= 4 is 43.6 Å². The lowest BCUT2D eigenvalue weighted by Crippen LogP contribution is -2.09. The highest BCUT2D eigenvalue weighted by atomic mass is 19.4. The van der Waals surface area contributed by atoms with Gasteiger partial charge in [-0.25, -0.2) is 0 Å². The Hall–Kier alpha value is -10.7. The van der Waals surface area contributed by atoms with Crippen molar-refractivity contribution in [2.45, 2.75) is 6.18 Å². The maximum atomic E-state index is 15.4. The van der Waals surface area contributed by atoms with Gasteiger partial charge in [-0.3, -0.25) is 0 Å². The Morgan fingerprint density at radius 1 is 0.333 bits per heavy atom. The molecule has 11 heteroatoms. The van der Waals surface area contributed by atoms with Crippen LogP contribution in [0.5, 0.6) is 0 Å². The van der Waals surface area contributed by atoms with Gasteiger partial charge in [0.25, 0.3) is 0 Å². The molecule has 11 rings (SSSR count). The number of halogens is 3. The largest absolute Gasteiger partial charge is 0.417 e. The van der Waals surface area contributed by atoms with Crippen molar-refractivity contribution in [3.8, 4) is 92.3 Å². The van der Waals surface area contributed by atoms with E-state index < -0.39 is 11.7 Å². The van der Waals surface area contributed by atoms with E-state index in [1.165, 1.54) is 12.1 Å². The van der Waals surface area contributed by atoms with Gasteiger partial charge in [0.05, 0.1) is 109 Å². The zero-order valence-electron chi connectivity index (χ0n) is 37.5. The van der Waals surface area contributed by atoms with Crippen molar-refractivity contribution in [2.24, 2.45) is 0 Å². The van der Waals surface area contributed by atoms with E-state index in [4.69, 9.17) is 0 Å². The highest BCUT2D eigenvalue weighted by molar-refractivity contribution is 6.14. The topological polar surface area (TPSA) is 153 Å². The molecule has 2 aromatic heterocycles. The molecule has 9 aromatic carbocycles. The van der Waals surface area contributed by atoms with Gasteiger partial charge in [-0.2, -0.15) is 44.7 Å². The molecule has 0 amide bonds. The molecule has 0 unspecified atom stereocenters. The summed E-state index contributed by atoms with van der Waals surface area (Å²) in [6.45, 7) is 0. The SMILES string of the molecule is N#Cc1ccc(-c2ccc3c(c2)c2ccccc2n3-c2cccc(C#N)c2-c2c(-c3ccc(C#N)cc3C(F)(F)F)cccc2-n2c3ccccc3c3cc(-c4ccc(C#N)cc4C#N)ccc32)c(C#N)c1. The molecule has 0 spiro atoms. The van der Waals surface area contributed by atoms with E-state index in [0.717, 1.165) is 38.7 Å². The highest BCUT2D eigenvalue weighted by Crippen LogP contribution is 2.49. The van der Waals surface area contributed by atoms with Crippen LogP contribution in [0.4, 0.5) is 13.2 Å². The lowest BCUT2D eigenvalue weighted by atomic mass is 9.86. The minimum absolute atomic E-state index is 0.153. The molecular weight excluding hydrogens is 902 g/mol. The van der Waals surface area contributed by atoms with Crippen molar-refractivity contribution in [3.05, 3.63) is 215 Å². The highest BCUT2D eigenvalue weighted by Gasteiger charge is 2.36. The molecule has 0 radical (unpaired) electrons. The first-order valence-electron chi connectivity index (χ1n) is 22.3. The summed E-state index contributed by atoms with van der Waals surface area (Å²) in [5.74, 6) is 0. The number of para-hydroxylation sites is 2. The second-order valence-corrected chi connectivity index (χ2v) is 17.0. The van der Waals surface area contributed by atoms with Gasteiger partial charge in [0.1, 0.15) is 0 Å². The van der Waals surface area contributed by atoms with Crippen LogP contribution in [0, 0.1) is 68.0 Å². The molecular formula is C61H29F3N8. The third-order valence-electron chi connectivity index (χ3n) is 13.2. The van der Waals surface area contributed by atoms with Crippen LogP contribution in [0.3, 0.4) is 0 Å². The average Bonchev–Trinajstić information content (AvgIpc) is 3.93. The number of alkyl halides is 3. The lowest BCUT2D eigenvalue weighted by molar-refractivity contribution is -0.137. The summed E-state index contributed by atoms with van der Waals surface area (Å²) >= 11 is 0. The maximum Gasteiger partial charge on any atom is 0.417 e. The van der Waals surface area contributed by atoms with E-state index in [2.05, 4.69) is 30.3 Å². The molecule has 0 saturated heterocycles. The summed E-state index contributed by atoms with van der Waals surface area (Å²) in [5.41, 5.74) is 7.38. The third kappa shape index (κ3) is 6.95. The van der Waals surface area contributed by atoms with Gasteiger partial charge in [-0.15, -0.1) is 0 Å². The Balaban J connectivity index is 1.26. The molecule has 0 fully saturated rings. The molecule has 0 N–H and O–H groups in total. The first kappa shape index (κ1) is 43.9. The fourth-order valence-corrected chi connectivity index (χ4v) is 10.1. The van der Waals surface area contributed by atoms with Gasteiger partial charge < -0.3 is 9.13 Å². The zero-order chi connectivity index (χ0) is 49.8. The van der Waals surface area contributed by atoms with Crippen molar-refractivity contribution in [1.82, 2.24) is 9.13 Å². The Morgan fingerprint density at radius 3 is 1.26 bits per heavy atom. The second kappa shape index (κ2) is 17.1. The van der Waals surface area contributed by atoms with Crippen LogP contribution in [0.15, 0.2) is 176 Å². The molecule has 334 valence electrons. The summed E-state index contributed by atoms with van der Waals surface area (Å²) in [5, 5.41) is 63.7. The predicted octanol–water partition coefficient (Wildman–Crippen LogP) is 14.8. The summed E-state index contributed by atoms with van der Waals surface area (Å²) in [6.07, 6.45) is -4.89. The van der Waals surface area contributed by atoms with E-state index >= 15 is 13.2 Å². The average molecular weight is 931 g/mol. The number of hydrogen-bond donors (Lipinski definition) is 0. The van der Waals surface area contributed by atoms with Crippen LogP contribution in [0.1, 0.15) is 38.9 Å². The summed E-state index contributed by atoms with van der Waals surface area (Å²) in [7, 11) is 0. The second-order valence-electron chi connectivity index (χ2n) is 17.0. The van der Waals surface area contributed by atoms with Crippen molar-refractivity contribution in [3.63, 3.8) is 0 Å². The lowest BCUT2D eigenvalue weighted by Gasteiger charge is -2.24. The molecule has 0 atom stereocenters. The fourth-order valence-electron chi connectivity index (χ4n) is 10.1. The van der Waals surface area contributed by atoms with Gasteiger partial charge in [0, 0.05) is 32.7 Å². The molecule has 2 heterocycles. The molecule has 0 aliphatic rings. The minimum Gasteiger partial charge on any atom is -0.309 e. The van der Waals surface area contributed by atoms with Crippen molar-refractivity contribution < 1.29 is 13.2 Å². The Morgan fingerprint density at radius 2 is 0.778 bits per heavy atom. The molecule has 0 aliphatic heterocycles. The number of rotatable bonds is 6. The molecule has 11 aromatic rings. The Labute approximate surface area is 409 Å². The normalized spacial score (nSPS) is 11.2. The molecule has 8 nitrogen and oxygen atoms in total. The quantitative estimate of drug-likeness (QED) is 0.162. The predicted molar refractivity (Wildman–Crippen MR) is 270 cm³/mol. The summed E-state index contributed by atoms with van der Waals surface area (Å²) < 4.78 is 50.3. The number of benzene rings is 9. The van der Waals surface area contributed by atoms with Crippen LogP contribution < -0.4 is 0 Å². The van der Waals surface area contributed by atoms with Crippen molar-refractivity contribution in [1.29, 1.82) is 31.6 Å². The number of aromatic nitrogens is 2. The third-order valence-corrected chi connectivity index (χ3v) is 13.2. The van der Waals surface area contributed by atoms with E-state index in [1.807, 2.05) is 112 Å². The fraction of sp³-hybridized carbons (Fsp3) is 0.0164. The van der Waals surface area contributed by atoms with Crippen LogP contribution >= 0.6 is 0 Å². The molecule has 0 aliphatic carbocycles. The van der Waals surface area contributed by atoms with Crippen LogP contribution in [0.2, 0.25) is 0 Å². The number of fused-ring (bicyclic) bond motifs is 6. The number of nitriles is 6. The van der Waals surface area contributed by atoms with Gasteiger partial charge in [-0.1, -0.05) is 84.9 Å². The maximum absolute atomic E-state index is 15.4. The molecule has 0 bridgehead atoms. The van der Waals surface area contributed by atoms with Gasteiger partial charge >= 0.3 is 6.18 Å². The van der Waals surface area contributed by atoms with Crippen LogP contribution in [0.25, 0.3) is 99.5 Å². The summed E-state index contributed by atoms with van der Waals surface area (Å²) in [6, 6.07) is 63.4. The van der Waals surface area contributed by atoms with E-state index in [0.29, 0.717) is 78.0 Å². The monoisotopic (exact) mass is 930 g/mol. The Bertz CT molecular complexity index is 4420. The van der Waals surface area contributed by atoms with Crippen LogP contribution in [-0.2, 0) is 6.18 Å². The van der Waals surface area contributed by atoms with Crippen molar-refractivity contribution in [2.75, 3.05) is 0 Å². The minimum atomic E-state index is -4.89. The van der Waals surface area contributed by atoms with Crippen LogP contribution in [-0.4, -0.2) is 9.13 Å². The number of nitrogens with zero attached hydrogens (tertiary/aromatic N) is 8. The molecule has 0 saturated carbocycles. The Kier molecular flexibility index (Phi) is 10.4. The zero-order valence-corrected chi connectivity index (χ0v) is 37.5. The van der Waals surface area contributed by atoms with E-state index in [1.54, 1.807) is 60.7 Å². The number of hydrogen-bond acceptors (Lipinski definition) is 6. The summed E-state index contributed by atoms with van der Waals surface area (Å²) in [4.78, 5) is 0. The smallest absolute Gasteiger partial charge is 0.309 e. The van der Waals surface area contributed by atoms with Gasteiger partial charge in [0.2, 0.25) is 0 Å². The van der Waals surface area contributed by atoms with E-state index in [-0.39, 0.29) is 22.3 Å². The van der Waals surface area contributed by atoms with E-state index in [9.17, 15) is 31.6 Å². The standard InChI is InChI=1S/C61H29F3N8/c62-61(63,64)52-27-38(32-67)17-22-46(52)49-10-6-14-58(72-54-12-4-2-9-48(54)51-29-40(19-24-56(51)72)45-21-16-37(31-66)26-43(45)35-70)60(49)59-41(33-68)7-5-13-57(59)71-53-11-3-1-8-47(53)50-28-39(18-23-55(50)71)44-20-15-36(30-65)25-42(44)34-69/h1-29H. The first-order chi connectivity index (χ1) is 35.1. The van der Waals surface area contributed by atoms with Gasteiger partial charge in [-0.05, 0) is 124 Å². The first-order valence-corrected chi connectivity index (χ1v) is 22.3.